The summed E-state index contributed by atoms with van der Waals surface area (Å²) in [6.07, 6.45) is 1.89. The Balaban J connectivity index is 0.00000812. The number of hydrogen-bond acceptors (Lipinski definition) is 21. The Morgan fingerprint density at radius 1 is 0.909 bits per heavy atom. The molecule has 55 heavy (non-hydrogen) atoms. The lowest BCUT2D eigenvalue weighted by molar-refractivity contribution is -0.432. The number of nitrogens with two attached hydrogens (primary N) is 1. The molecule has 0 aromatic heterocycles. The first-order valence-corrected chi connectivity index (χ1v) is 20.1. The quantitative estimate of drug-likeness (QED) is 0.0115. The van der Waals surface area contributed by atoms with Crippen molar-refractivity contribution in [3.05, 3.63) is 60.7 Å². The highest BCUT2D eigenvalue weighted by Crippen LogP contribution is 2.49. The van der Waals surface area contributed by atoms with Crippen LogP contribution in [0.2, 0.25) is 0 Å². The zero-order chi connectivity index (χ0) is 39.7. The predicted octanol–water partition coefficient (Wildman–Crippen LogP) is 4.89. The highest BCUT2D eigenvalue weighted by molar-refractivity contribution is 8.04. The van der Waals surface area contributed by atoms with Gasteiger partial charge in [0, 0.05) is 30.5 Å². The van der Waals surface area contributed by atoms with E-state index in [0.29, 0.717) is 16.9 Å². The third-order valence-corrected chi connectivity index (χ3v) is 10.7. The van der Waals surface area contributed by atoms with Gasteiger partial charge in [0.05, 0.1) is 50.0 Å². The molecule has 0 saturated heterocycles. The van der Waals surface area contributed by atoms with Gasteiger partial charge in [-0.2, -0.15) is 32.2 Å². The lowest BCUT2D eigenvalue weighted by Crippen LogP contribution is -2.21. The second-order valence-electron chi connectivity index (χ2n) is 10.1. The number of anilines is 1. The number of thioether (sulfide) groups is 1. The van der Waals surface area contributed by atoms with Crippen molar-refractivity contribution in [1.82, 2.24) is 5.01 Å². The van der Waals surface area contributed by atoms with Crippen LogP contribution in [0.5, 0.6) is 5.75 Å². The van der Waals surface area contributed by atoms with E-state index in [1.54, 1.807) is 19.2 Å². The first-order valence-electron chi connectivity index (χ1n) is 14.1. The summed E-state index contributed by atoms with van der Waals surface area (Å²) in [6.45, 7) is 3.41. The summed E-state index contributed by atoms with van der Waals surface area (Å²) in [5.74, 6) is -1.10. The Morgan fingerprint density at radius 2 is 1.51 bits per heavy atom. The maximum absolute atomic E-state index is 12.7. The molecule has 4 aromatic carbocycles. The van der Waals surface area contributed by atoms with E-state index in [2.05, 4.69) is 56.1 Å². The van der Waals surface area contributed by atoms with Crippen LogP contribution in [0.3, 0.4) is 0 Å². The summed E-state index contributed by atoms with van der Waals surface area (Å²) in [5.41, 5.74) is 5.53. The van der Waals surface area contributed by atoms with Crippen LogP contribution in [0.1, 0.15) is 0 Å². The van der Waals surface area contributed by atoms with Crippen LogP contribution in [0.15, 0.2) is 106 Å². The average molecular weight is 862 g/mol. The number of hydrazone groups is 1. The first kappa shape index (κ1) is 44.4. The van der Waals surface area contributed by atoms with Crippen LogP contribution < -0.4 is 5.73 Å². The van der Waals surface area contributed by atoms with E-state index in [9.17, 15) is 34.9 Å². The van der Waals surface area contributed by atoms with Gasteiger partial charge in [0.2, 0.25) is 0 Å². The number of fused-ring (bicyclic) bond motifs is 1. The summed E-state index contributed by atoms with van der Waals surface area (Å²) in [7, 11) is -12.0. The van der Waals surface area contributed by atoms with Crippen molar-refractivity contribution >= 4 is 100 Å². The number of sulfone groups is 1. The SMILES string of the molecule is C=NN(C)CCS(=O)(=O)c1ccc(N=Nc2c(S(=O)(=O)O)cc3cc(SOOO)c(N=Nc4ccc(SC#COOS(=O)(=O)O)cc4)c(N)c3c2O)cc1.O. The zero-order valence-electron chi connectivity index (χ0n) is 27.6. The number of azo groups is 2. The number of nitrogens with zero attached hydrogens (tertiary/aromatic N) is 6. The fourth-order valence-corrected chi connectivity index (χ4v) is 7.18. The molecule has 0 radical (unpaired) electrons. The molecule has 0 bridgehead atoms. The minimum absolute atomic E-state index is 0. The lowest BCUT2D eigenvalue weighted by Gasteiger charge is -2.14. The Hall–Kier alpha value is -4.96. The van der Waals surface area contributed by atoms with Gasteiger partial charge in [0.25, 0.3) is 10.1 Å². The molecule has 4 aromatic rings. The van der Waals surface area contributed by atoms with E-state index >= 15 is 0 Å². The van der Waals surface area contributed by atoms with Gasteiger partial charge in [0.15, 0.2) is 21.7 Å². The summed E-state index contributed by atoms with van der Waals surface area (Å²) in [5, 5.41) is 46.8. The number of hydrogen-bond donors (Lipinski definition) is 5. The standard InChI is InChI=1S/C28H25N7O14S5.H2O/c1-30-35(2)11-14-52(38,39)21-9-5-19(6-10-21)32-34-27-23(53(40,41)42)16-17-15-22(51-48-47-37)26(25(29)24(17)28(27)36)33-31-18-3-7-20(8-4-18)50-13-12-46-49-54(43,44)45;/h3-10,15-16,36-37H,1,11,14,29H2,2H3,(H,40,41,42)(H,43,44,45);1H2. The Morgan fingerprint density at radius 3 is 2.07 bits per heavy atom. The summed E-state index contributed by atoms with van der Waals surface area (Å²) in [6, 6.07) is 13.3. The molecule has 8 N–H and O–H groups in total. The topological polar surface area (TPSA) is 343 Å². The second-order valence-corrected chi connectivity index (χ2v) is 16.2. The average Bonchev–Trinajstić information content (AvgIpc) is 3.11. The summed E-state index contributed by atoms with van der Waals surface area (Å²) in [4.78, 5) is 3.64. The van der Waals surface area contributed by atoms with Crippen molar-refractivity contribution in [1.29, 1.82) is 0 Å². The minimum atomic E-state index is -5.06. The van der Waals surface area contributed by atoms with Crippen molar-refractivity contribution in [3.8, 4) is 17.1 Å². The van der Waals surface area contributed by atoms with Crippen LogP contribution in [-0.2, 0) is 48.9 Å². The number of aromatic hydroxyl groups is 1. The van der Waals surface area contributed by atoms with E-state index in [0.717, 1.165) is 17.8 Å². The first-order chi connectivity index (χ1) is 25.4. The molecule has 294 valence electrons. The molecule has 0 atom stereocenters. The fourth-order valence-electron chi connectivity index (χ4n) is 4.14. The Bertz CT molecular complexity index is 2490. The van der Waals surface area contributed by atoms with Crippen molar-refractivity contribution in [2.24, 2.45) is 25.6 Å². The summed E-state index contributed by atoms with van der Waals surface area (Å²) < 4.78 is 97.7. The van der Waals surface area contributed by atoms with Gasteiger partial charge in [0.1, 0.15) is 16.3 Å². The Kier molecular flexibility index (Phi) is 15.4. The third-order valence-electron chi connectivity index (χ3n) is 6.61. The molecule has 0 unspecified atom stereocenters. The van der Waals surface area contributed by atoms with Crippen LogP contribution in [0.4, 0.5) is 28.4 Å². The normalized spacial score (nSPS) is 12.0. The largest absolute Gasteiger partial charge is 0.505 e. The van der Waals surface area contributed by atoms with Crippen LogP contribution >= 0.6 is 23.8 Å². The van der Waals surface area contributed by atoms with Gasteiger partial charge in [-0.15, -0.1) is 14.6 Å². The van der Waals surface area contributed by atoms with Crippen molar-refractivity contribution in [2.75, 3.05) is 25.1 Å². The van der Waals surface area contributed by atoms with Gasteiger partial charge in [-0.25, -0.2) is 13.7 Å². The van der Waals surface area contributed by atoms with Crippen LogP contribution in [0.25, 0.3) is 10.8 Å². The second kappa shape index (κ2) is 19.1. The van der Waals surface area contributed by atoms with Gasteiger partial charge in [-0.1, -0.05) is 5.04 Å². The number of phenols is 1. The van der Waals surface area contributed by atoms with Gasteiger partial charge in [-0.3, -0.25) is 19.0 Å². The molecule has 0 aliphatic carbocycles. The van der Waals surface area contributed by atoms with E-state index in [1.807, 2.05) is 6.11 Å². The van der Waals surface area contributed by atoms with Crippen LogP contribution in [-0.4, -0.2) is 81.3 Å². The van der Waals surface area contributed by atoms with Gasteiger partial charge >= 0.3 is 10.4 Å². The molecule has 4 rings (SSSR count). The molecule has 0 heterocycles. The zero-order valence-corrected chi connectivity index (χ0v) is 31.7. The monoisotopic (exact) mass is 861 g/mol. The van der Waals surface area contributed by atoms with E-state index < -0.39 is 46.7 Å². The smallest absolute Gasteiger partial charge is 0.433 e. The maximum Gasteiger partial charge on any atom is 0.433 e. The predicted molar refractivity (Wildman–Crippen MR) is 197 cm³/mol. The maximum atomic E-state index is 12.7. The van der Waals surface area contributed by atoms with E-state index in [1.165, 1.54) is 47.5 Å². The minimum Gasteiger partial charge on any atom is -0.505 e. The molecule has 0 aliphatic rings. The van der Waals surface area contributed by atoms with Crippen molar-refractivity contribution < 1.29 is 68.8 Å². The molecular weight excluding hydrogens is 835 g/mol. The molecule has 27 heteroatoms. The van der Waals surface area contributed by atoms with Crippen molar-refractivity contribution in [2.45, 2.75) is 19.6 Å². The van der Waals surface area contributed by atoms with Crippen LogP contribution in [0, 0.1) is 11.4 Å². The molecule has 0 amide bonds. The highest BCUT2D eigenvalue weighted by Gasteiger charge is 2.26. The van der Waals surface area contributed by atoms with Gasteiger partial charge in [-0.05, 0) is 82.1 Å². The lowest BCUT2D eigenvalue weighted by atomic mass is 10.1. The van der Waals surface area contributed by atoms with E-state index in [4.69, 9.17) is 15.5 Å². The molecule has 0 spiro atoms. The Labute approximate surface area is 320 Å². The molecular formula is C28H27N7O15S5. The van der Waals surface area contributed by atoms with Crippen molar-refractivity contribution in [3.63, 3.8) is 0 Å². The molecule has 22 nitrogen and oxygen atoms in total. The number of phenolic OH excluding ortho intramolecular Hbond substituents is 1. The number of benzene rings is 4. The number of rotatable bonds is 16. The summed E-state index contributed by atoms with van der Waals surface area (Å²) >= 11 is 1.27. The molecule has 0 saturated carbocycles. The molecule has 0 fully saturated rings. The molecule has 0 aliphatic heterocycles. The van der Waals surface area contributed by atoms with E-state index in [-0.39, 0.29) is 61.1 Å². The van der Waals surface area contributed by atoms with Gasteiger partial charge < -0.3 is 16.3 Å². The third kappa shape index (κ3) is 12.3. The fraction of sp³-hybridized carbons (Fsp3) is 0.107. The highest BCUT2D eigenvalue weighted by atomic mass is 32.3. The number of nitrogen functional groups attached to an aromatic ring is 1.